The molecule has 24 heavy (non-hydrogen) atoms. The van der Waals surface area contributed by atoms with E-state index in [-0.39, 0.29) is 11.3 Å². The van der Waals surface area contributed by atoms with E-state index >= 15 is 0 Å². The molecule has 1 amide bonds. The fraction of sp³-hybridized carbons (Fsp3) is 0.368. The second-order valence-electron chi connectivity index (χ2n) is 6.24. The number of rotatable bonds is 6. The number of aromatic carboxylic acids is 1. The summed E-state index contributed by atoms with van der Waals surface area (Å²) in [7, 11) is 0. The zero-order valence-electron chi connectivity index (χ0n) is 14.5. The van der Waals surface area contributed by atoms with Crippen LogP contribution >= 0.6 is 0 Å². The van der Waals surface area contributed by atoms with Gasteiger partial charge >= 0.3 is 5.97 Å². The van der Waals surface area contributed by atoms with Gasteiger partial charge in [0, 0.05) is 12.5 Å². The fourth-order valence-electron chi connectivity index (χ4n) is 2.56. The second kappa shape index (κ2) is 6.91. The first-order valence-electron chi connectivity index (χ1n) is 8.06. The molecule has 0 aliphatic heterocycles. The first kappa shape index (κ1) is 17.8. The molecule has 0 radical (unpaired) electrons. The minimum absolute atomic E-state index is 0.0162. The Kier molecular flexibility index (Phi) is 5.12. The third kappa shape index (κ3) is 3.67. The predicted molar refractivity (Wildman–Crippen MR) is 91.4 cm³/mol. The van der Waals surface area contributed by atoms with Gasteiger partial charge in [-0.1, -0.05) is 38.1 Å². The molecule has 2 N–H and O–H groups in total. The van der Waals surface area contributed by atoms with Crippen LogP contribution in [0, 0.1) is 0 Å². The van der Waals surface area contributed by atoms with Crippen LogP contribution in [0.15, 0.2) is 34.7 Å². The van der Waals surface area contributed by atoms with E-state index in [0.29, 0.717) is 12.2 Å². The van der Waals surface area contributed by atoms with E-state index in [1.54, 1.807) is 6.92 Å². The lowest BCUT2D eigenvalue weighted by Crippen LogP contribution is -2.40. The Morgan fingerprint density at radius 2 is 1.75 bits per heavy atom. The molecule has 0 fully saturated rings. The van der Waals surface area contributed by atoms with Crippen molar-refractivity contribution in [1.29, 1.82) is 0 Å². The molecular weight excluding hydrogens is 306 g/mol. The number of amides is 1. The van der Waals surface area contributed by atoms with Gasteiger partial charge in [-0.3, -0.25) is 4.79 Å². The van der Waals surface area contributed by atoms with Crippen molar-refractivity contribution < 1.29 is 19.1 Å². The van der Waals surface area contributed by atoms with E-state index < -0.39 is 17.4 Å². The molecule has 0 atom stereocenters. The Bertz CT molecular complexity index is 741. The fourth-order valence-corrected chi connectivity index (χ4v) is 2.56. The molecule has 0 bridgehead atoms. The zero-order valence-corrected chi connectivity index (χ0v) is 14.5. The largest absolute Gasteiger partial charge is 0.478 e. The minimum Gasteiger partial charge on any atom is -0.478 e. The van der Waals surface area contributed by atoms with Crippen LogP contribution in [0.2, 0.25) is 0 Å². The van der Waals surface area contributed by atoms with E-state index in [2.05, 4.69) is 12.2 Å². The van der Waals surface area contributed by atoms with Gasteiger partial charge in [0.1, 0.15) is 11.3 Å². The molecule has 0 saturated carbocycles. The summed E-state index contributed by atoms with van der Waals surface area (Å²) in [5, 5.41) is 12.1. The van der Waals surface area contributed by atoms with Crippen LogP contribution in [0.1, 0.15) is 65.5 Å². The van der Waals surface area contributed by atoms with Gasteiger partial charge in [-0.2, -0.15) is 0 Å². The Hall–Kier alpha value is -2.56. The second-order valence-corrected chi connectivity index (χ2v) is 6.24. The zero-order chi connectivity index (χ0) is 17.9. The number of carboxylic acids is 1. The predicted octanol–water partition coefficient (Wildman–Crippen LogP) is 3.77. The van der Waals surface area contributed by atoms with Gasteiger partial charge < -0.3 is 14.8 Å². The maximum absolute atomic E-state index is 12.5. The minimum atomic E-state index is -1.09. The molecule has 1 heterocycles. The molecule has 2 aromatic rings. The van der Waals surface area contributed by atoms with Crippen molar-refractivity contribution in [1.82, 2.24) is 5.32 Å². The normalized spacial score (nSPS) is 11.3. The maximum Gasteiger partial charge on any atom is 0.339 e. The molecule has 0 unspecified atom stereocenters. The van der Waals surface area contributed by atoms with Crippen molar-refractivity contribution in [2.24, 2.45) is 0 Å². The quantitative estimate of drug-likeness (QED) is 0.845. The summed E-state index contributed by atoms with van der Waals surface area (Å²) in [5.41, 5.74) is 1.62. The summed E-state index contributed by atoms with van der Waals surface area (Å²) in [6, 6.07) is 9.33. The van der Waals surface area contributed by atoms with Crippen molar-refractivity contribution in [3.8, 4) is 0 Å². The third-order valence-corrected chi connectivity index (χ3v) is 4.09. The molecule has 1 aromatic carbocycles. The van der Waals surface area contributed by atoms with Crippen LogP contribution in [-0.2, 0) is 18.4 Å². The number of carboxylic acid groups (broad SMARTS) is 1. The lowest BCUT2D eigenvalue weighted by molar-refractivity contribution is 0.0694. The molecule has 0 aliphatic rings. The van der Waals surface area contributed by atoms with E-state index in [1.807, 2.05) is 38.1 Å². The van der Waals surface area contributed by atoms with Gasteiger partial charge in [-0.25, -0.2) is 4.79 Å². The monoisotopic (exact) mass is 329 g/mol. The van der Waals surface area contributed by atoms with Crippen LogP contribution in [0.3, 0.4) is 0 Å². The molecule has 0 aliphatic carbocycles. The number of furan rings is 1. The first-order valence-corrected chi connectivity index (χ1v) is 8.06. The van der Waals surface area contributed by atoms with Crippen molar-refractivity contribution >= 4 is 11.9 Å². The summed E-state index contributed by atoms with van der Waals surface area (Å²) in [5.74, 6) is -1.20. The number of hydrogen-bond acceptors (Lipinski definition) is 3. The Balaban J connectivity index is 2.22. The van der Waals surface area contributed by atoms with E-state index in [9.17, 15) is 9.59 Å². The summed E-state index contributed by atoms with van der Waals surface area (Å²) in [6.07, 6.45) is 1.37. The van der Waals surface area contributed by atoms with Crippen molar-refractivity contribution in [2.75, 3.05) is 0 Å². The van der Waals surface area contributed by atoms with Crippen LogP contribution in [0.5, 0.6) is 0 Å². The Morgan fingerprint density at radius 3 is 2.21 bits per heavy atom. The van der Waals surface area contributed by atoms with E-state index in [0.717, 1.165) is 12.0 Å². The number of nitrogens with one attached hydrogen (secondary N) is 1. The van der Waals surface area contributed by atoms with Crippen molar-refractivity contribution in [3.05, 3.63) is 58.5 Å². The summed E-state index contributed by atoms with van der Waals surface area (Å²) in [6.45, 7) is 7.66. The van der Waals surface area contributed by atoms with Crippen LogP contribution < -0.4 is 5.32 Å². The topological polar surface area (TPSA) is 79.5 Å². The first-order chi connectivity index (χ1) is 11.3. The van der Waals surface area contributed by atoms with E-state index in [4.69, 9.17) is 9.52 Å². The maximum atomic E-state index is 12.5. The number of carbonyl (C=O) groups is 2. The molecular formula is C19H23NO4. The lowest BCUT2D eigenvalue weighted by Gasteiger charge is -2.26. The molecule has 5 heteroatoms. The number of hydrogen-bond donors (Lipinski definition) is 2. The van der Waals surface area contributed by atoms with Crippen molar-refractivity contribution in [3.63, 3.8) is 0 Å². The van der Waals surface area contributed by atoms with Crippen LogP contribution in [0.4, 0.5) is 0 Å². The smallest absolute Gasteiger partial charge is 0.339 e. The molecule has 5 nitrogen and oxygen atoms in total. The van der Waals surface area contributed by atoms with Gasteiger partial charge in [0.05, 0.1) is 5.54 Å². The average molecular weight is 329 g/mol. The van der Waals surface area contributed by atoms with Gasteiger partial charge in [0.2, 0.25) is 0 Å². The highest BCUT2D eigenvalue weighted by Gasteiger charge is 2.26. The number of benzene rings is 1. The summed E-state index contributed by atoms with van der Waals surface area (Å²) in [4.78, 5) is 23.7. The Labute approximate surface area is 141 Å². The third-order valence-electron chi connectivity index (χ3n) is 4.09. The molecule has 0 saturated heterocycles. The lowest BCUT2D eigenvalue weighted by atomic mass is 9.93. The molecule has 128 valence electrons. The van der Waals surface area contributed by atoms with E-state index in [1.165, 1.54) is 11.6 Å². The van der Waals surface area contributed by atoms with Gasteiger partial charge in [0.25, 0.3) is 5.91 Å². The number of aryl methyl sites for hydroxylation is 2. The summed E-state index contributed by atoms with van der Waals surface area (Å²) < 4.78 is 5.41. The van der Waals surface area contributed by atoms with Crippen LogP contribution in [0.25, 0.3) is 0 Å². The highest BCUT2D eigenvalue weighted by atomic mass is 16.4. The molecule has 1 aromatic heterocycles. The highest BCUT2D eigenvalue weighted by molar-refractivity contribution is 5.96. The highest BCUT2D eigenvalue weighted by Crippen LogP contribution is 2.23. The SMILES string of the molecule is CCc1ccc(C(C)(C)NC(=O)c2cc(C(=O)O)c(CC)o2)cc1. The molecule has 2 rings (SSSR count). The van der Waals surface area contributed by atoms with Gasteiger partial charge in [0.15, 0.2) is 5.76 Å². The van der Waals surface area contributed by atoms with Crippen molar-refractivity contribution in [2.45, 2.75) is 46.1 Å². The molecule has 0 spiro atoms. The Morgan fingerprint density at radius 1 is 1.12 bits per heavy atom. The van der Waals surface area contributed by atoms with Crippen LogP contribution in [-0.4, -0.2) is 17.0 Å². The van der Waals surface area contributed by atoms with Gasteiger partial charge in [-0.05, 0) is 31.4 Å². The standard InChI is InChI=1S/C19H23NO4/c1-5-12-7-9-13(10-8-12)19(3,4)20-17(21)16-11-14(18(22)23)15(6-2)24-16/h7-11H,5-6H2,1-4H3,(H,20,21)(H,22,23). The summed E-state index contributed by atoms with van der Waals surface area (Å²) >= 11 is 0. The average Bonchev–Trinajstić information content (AvgIpc) is 2.99. The number of carbonyl (C=O) groups excluding carboxylic acids is 1. The van der Waals surface area contributed by atoms with Gasteiger partial charge in [-0.15, -0.1) is 0 Å².